The lowest BCUT2D eigenvalue weighted by atomic mass is 10.1. The van der Waals surface area contributed by atoms with Gasteiger partial charge in [-0.1, -0.05) is 18.0 Å². The van der Waals surface area contributed by atoms with E-state index in [-0.39, 0.29) is 0 Å². The van der Waals surface area contributed by atoms with E-state index in [2.05, 4.69) is 22.5 Å². The van der Waals surface area contributed by atoms with E-state index in [0.717, 1.165) is 35.2 Å². The first-order valence-electron chi connectivity index (χ1n) is 8.00. The van der Waals surface area contributed by atoms with Crippen LogP contribution in [0.2, 0.25) is 5.02 Å². The Morgan fingerprint density at radius 1 is 1.05 bits per heavy atom. The fourth-order valence-electron chi connectivity index (χ4n) is 3.24. The standard InChI is InChI=1S/C18H23ClN2O/c1-14-5-10-17(18(22)13-20-11-3-2-4-12-20)21(14)16-8-6-15(19)7-9-16/h5-10,18,22H,2-4,11-13H2,1H3. The van der Waals surface area contributed by atoms with Gasteiger partial charge < -0.3 is 14.6 Å². The van der Waals surface area contributed by atoms with Gasteiger partial charge in [-0.3, -0.25) is 0 Å². The first-order valence-corrected chi connectivity index (χ1v) is 8.37. The molecule has 3 nitrogen and oxygen atoms in total. The van der Waals surface area contributed by atoms with E-state index in [9.17, 15) is 5.11 Å². The van der Waals surface area contributed by atoms with Crippen molar-refractivity contribution in [1.82, 2.24) is 9.47 Å². The number of aliphatic hydroxyl groups excluding tert-OH is 1. The zero-order chi connectivity index (χ0) is 15.5. The van der Waals surface area contributed by atoms with Crippen LogP contribution in [0.4, 0.5) is 0 Å². The highest BCUT2D eigenvalue weighted by molar-refractivity contribution is 6.30. The maximum atomic E-state index is 10.7. The SMILES string of the molecule is Cc1ccc(C(O)CN2CCCCC2)n1-c1ccc(Cl)cc1. The molecule has 2 aromatic rings. The largest absolute Gasteiger partial charge is 0.386 e. The third kappa shape index (κ3) is 3.37. The average molecular weight is 319 g/mol. The molecule has 0 amide bonds. The van der Waals surface area contributed by atoms with E-state index in [1.807, 2.05) is 30.3 Å². The quantitative estimate of drug-likeness (QED) is 0.924. The second-order valence-corrected chi connectivity index (χ2v) is 6.52. The van der Waals surface area contributed by atoms with Crippen LogP contribution in [0.1, 0.15) is 36.8 Å². The normalized spacial score (nSPS) is 17.6. The van der Waals surface area contributed by atoms with E-state index in [0.29, 0.717) is 6.54 Å². The number of aryl methyl sites for hydroxylation is 1. The first-order chi connectivity index (χ1) is 10.6. The van der Waals surface area contributed by atoms with Crippen molar-refractivity contribution >= 4 is 11.6 Å². The number of halogens is 1. The molecule has 1 unspecified atom stereocenters. The Morgan fingerprint density at radius 3 is 2.41 bits per heavy atom. The van der Waals surface area contributed by atoms with E-state index >= 15 is 0 Å². The van der Waals surface area contributed by atoms with Gasteiger partial charge in [0.1, 0.15) is 6.10 Å². The Balaban J connectivity index is 1.83. The molecule has 1 N–H and O–H groups in total. The van der Waals surface area contributed by atoms with E-state index in [1.54, 1.807) is 0 Å². The van der Waals surface area contributed by atoms with Crippen LogP contribution in [-0.2, 0) is 0 Å². The Morgan fingerprint density at radius 2 is 1.73 bits per heavy atom. The summed E-state index contributed by atoms with van der Waals surface area (Å²) in [5, 5.41) is 11.4. The summed E-state index contributed by atoms with van der Waals surface area (Å²) in [7, 11) is 0. The summed E-state index contributed by atoms with van der Waals surface area (Å²) in [5.41, 5.74) is 3.11. The molecule has 3 rings (SSSR count). The lowest BCUT2D eigenvalue weighted by Crippen LogP contribution is -2.34. The number of hydrogen-bond donors (Lipinski definition) is 1. The topological polar surface area (TPSA) is 28.4 Å². The summed E-state index contributed by atoms with van der Waals surface area (Å²) in [6, 6.07) is 11.8. The summed E-state index contributed by atoms with van der Waals surface area (Å²) < 4.78 is 2.12. The zero-order valence-electron chi connectivity index (χ0n) is 13.0. The Kier molecular flexibility index (Phi) is 4.87. The van der Waals surface area contributed by atoms with Crippen molar-refractivity contribution in [2.75, 3.05) is 19.6 Å². The fraction of sp³-hybridized carbons (Fsp3) is 0.444. The van der Waals surface area contributed by atoms with Crippen LogP contribution in [0.5, 0.6) is 0 Å². The number of likely N-dealkylation sites (tertiary alicyclic amines) is 1. The van der Waals surface area contributed by atoms with E-state index < -0.39 is 6.10 Å². The van der Waals surface area contributed by atoms with Crippen molar-refractivity contribution in [3.05, 3.63) is 52.8 Å². The highest BCUT2D eigenvalue weighted by Gasteiger charge is 2.19. The van der Waals surface area contributed by atoms with Crippen molar-refractivity contribution in [1.29, 1.82) is 0 Å². The summed E-state index contributed by atoms with van der Waals surface area (Å²) in [4.78, 5) is 2.36. The molecule has 118 valence electrons. The van der Waals surface area contributed by atoms with Crippen molar-refractivity contribution in [3.63, 3.8) is 0 Å². The molecule has 1 aromatic carbocycles. The maximum Gasteiger partial charge on any atom is 0.107 e. The van der Waals surface area contributed by atoms with E-state index in [1.165, 1.54) is 19.3 Å². The number of piperidine rings is 1. The molecule has 1 saturated heterocycles. The molecule has 1 atom stereocenters. The van der Waals surface area contributed by atoms with Crippen LogP contribution in [0.15, 0.2) is 36.4 Å². The van der Waals surface area contributed by atoms with Crippen molar-refractivity contribution in [2.45, 2.75) is 32.3 Å². The highest BCUT2D eigenvalue weighted by atomic mass is 35.5. The van der Waals surface area contributed by atoms with Crippen LogP contribution in [-0.4, -0.2) is 34.2 Å². The minimum Gasteiger partial charge on any atom is -0.386 e. The molecule has 1 aromatic heterocycles. The molecule has 4 heteroatoms. The van der Waals surface area contributed by atoms with E-state index in [4.69, 9.17) is 11.6 Å². The Bertz CT molecular complexity index is 615. The van der Waals surface area contributed by atoms with Gasteiger partial charge in [-0.05, 0) is 69.3 Å². The van der Waals surface area contributed by atoms with Crippen molar-refractivity contribution < 1.29 is 5.11 Å². The predicted molar refractivity (Wildman–Crippen MR) is 90.8 cm³/mol. The van der Waals surface area contributed by atoms with Crippen LogP contribution in [0, 0.1) is 6.92 Å². The lowest BCUT2D eigenvalue weighted by Gasteiger charge is -2.29. The molecule has 22 heavy (non-hydrogen) atoms. The van der Waals surface area contributed by atoms with Gasteiger partial charge in [0, 0.05) is 22.9 Å². The monoisotopic (exact) mass is 318 g/mol. The molecule has 0 bridgehead atoms. The number of rotatable bonds is 4. The summed E-state index contributed by atoms with van der Waals surface area (Å²) in [5.74, 6) is 0. The summed E-state index contributed by atoms with van der Waals surface area (Å²) in [6.45, 7) is 4.96. The summed E-state index contributed by atoms with van der Waals surface area (Å²) >= 11 is 5.98. The van der Waals surface area contributed by atoms with Crippen molar-refractivity contribution in [3.8, 4) is 5.69 Å². The zero-order valence-corrected chi connectivity index (χ0v) is 13.8. The predicted octanol–water partition coefficient (Wildman–Crippen LogP) is 3.96. The van der Waals surface area contributed by atoms with Crippen LogP contribution in [0.3, 0.4) is 0 Å². The van der Waals surface area contributed by atoms with Gasteiger partial charge in [0.15, 0.2) is 0 Å². The molecule has 0 spiro atoms. The minimum atomic E-state index is -0.470. The van der Waals surface area contributed by atoms with Crippen LogP contribution >= 0.6 is 11.6 Å². The second-order valence-electron chi connectivity index (χ2n) is 6.09. The van der Waals surface area contributed by atoms with Crippen LogP contribution in [0.25, 0.3) is 5.69 Å². The van der Waals surface area contributed by atoms with Gasteiger partial charge in [0.05, 0.1) is 5.69 Å². The molecule has 1 aliphatic rings. The van der Waals surface area contributed by atoms with Gasteiger partial charge >= 0.3 is 0 Å². The third-order valence-corrected chi connectivity index (χ3v) is 4.66. The molecule has 1 aliphatic heterocycles. The van der Waals surface area contributed by atoms with Gasteiger partial charge in [0.2, 0.25) is 0 Å². The number of aromatic nitrogens is 1. The highest BCUT2D eigenvalue weighted by Crippen LogP contribution is 2.25. The molecule has 0 saturated carbocycles. The number of aliphatic hydroxyl groups is 1. The van der Waals surface area contributed by atoms with Gasteiger partial charge in [-0.2, -0.15) is 0 Å². The second kappa shape index (κ2) is 6.86. The van der Waals surface area contributed by atoms with Crippen LogP contribution < -0.4 is 0 Å². The fourth-order valence-corrected chi connectivity index (χ4v) is 3.37. The maximum absolute atomic E-state index is 10.7. The van der Waals surface area contributed by atoms with Crippen molar-refractivity contribution in [2.24, 2.45) is 0 Å². The third-order valence-electron chi connectivity index (χ3n) is 4.41. The smallest absolute Gasteiger partial charge is 0.107 e. The summed E-state index contributed by atoms with van der Waals surface area (Å²) in [6.07, 6.45) is 3.32. The number of hydrogen-bond acceptors (Lipinski definition) is 2. The molecular formula is C18H23ClN2O. The Hall–Kier alpha value is -1.29. The molecule has 2 heterocycles. The molecule has 0 radical (unpaired) electrons. The molecular weight excluding hydrogens is 296 g/mol. The Labute approximate surface area is 137 Å². The molecule has 1 fully saturated rings. The minimum absolute atomic E-state index is 0.470. The van der Waals surface area contributed by atoms with Gasteiger partial charge in [-0.25, -0.2) is 0 Å². The van der Waals surface area contributed by atoms with Gasteiger partial charge in [-0.15, -0.1) is 0 Å². The molecule has 0 aliphatic carbocycles. The lowest BCUT2D eigenvalue weighted by molar-refractivity contribution is 0.0972. The number of nitrogens with zero attached hydrogens (tertiary/aromatic N) is 2. The number of β-amino-alcohol motifs (C(OH)–C–C–N with tert-alkyl or cyclic N) is 1. The first kappa shape index (κ1) is 15.6. The van der Waals surface area contributed by atoms with Gasteiger partial charge in [0.25, 0.3) is 0 Å². The number of benzene rings is 1. The average Bonchev–Trinajstić information content (AvgIpc) is 2.91.